The van der Waals surface area contributed by atoms with Crippen LogP contribution < -0.4 is 5.73 Å². The number of halogens is 1. The topological polar surface area (TPSA) is 79.1 Å². The van der Waals surface area contributed by atoms with Crippen molar-refractivity contribution in [3.05, 3.63) is 35.5 Å². The summed E-state index contributed by atoms with van der Waals surface area (Å²) in [5.74, 6) is -0.926. The molecule has 0 saturated heterocycles. The van der Waals surface area contributed by atoms with Crippen molar-refractivity contribution in [1.29, 1.82) is 0 Å². The van der Waals surface area contributed by atoms with Crippen molar-refractivity contribution in [1.82, 2.24) is 4.98 Å². The van der Waals surface area contributed by atoms with Crippen LogP contribution in [0.5, 0.6) is 0 Å². The number of carbonyl (C=O) groups is 1. The third kappa shape index (κ3) is 1.82. The van der Waals surface area contributed by atoms with E-state index in [2.05, 4.69) is 4.98 Å². The van der Waals surface area contributed by atoms with E-state index in [0.717, 1.165) is 11.1 Å². The molecule has 0 aliphatic rings. The molecule has 1 heterocycles. The summed E-state index contributed by atoms with van der Waals surface area (Å²) in [7, 11) is 0. The summed E-state index contributed by atoms with van der Waals surface area (Å²) in [6.45, 7) is 0.338. The van der Waals surface area contributed by atoms with Crippen LogP contribution in [0.25, 0.3) is 10.9 Å². The van der Waals surface area contributed by atoms with Crippen LogP contribution in [0.15, 0.2) is 24.4 Å². The first-order valence-electron chi connectivity index (χ1n) is 4.26. The number of carboxylic acids is 1. The molecule has 0 aliphatic heterocycles. The van der Waals surface area contributed by atoms with Crippen molar-refractivity contribution >= 4 is 29.3 Å². The van der Waals surface area contributed by atoms with Crippen molar-refractivity contribution < 1.29 is 9.90 Å². The fourth-order valence-corrected chi connectivity index (χ4v) is 1.59. The first-order chi connectivity index (χ1) is 6.74. The van der Waals surface area contributed by atoms with Crippen molar-refractivity contribution in [3.63, 3.8) is 0 Å². The number of nitrogens with one attached hydrogen (secondary N) is 1. The lowest BCUT2D eigenvalue weighted by molar-refractivity contribution is 0.0699. The molecule has 0 spiro atoms. The van der Waals surface area contributed by atoms with Gasteiger partial charge in [0, 0.05) is 23.6 Å². The molecular formula is C10H11ClN2O2. The van der Waals surface area contributed by atoms with Crippen LogP contribution in [0.3, 0.4) is 0 Å². The van der Waals surface area contributed by atoms with Crippen LogP contribution >= 0.6 is 12.4 Å². The van der Waals surface area contributed by atoms with Gasteiger partial charge in [0.2, 0.25) is 0 Å². The van der Waals surface area contributed by atoms with Gasteiger partial charge in [-0.1, -0.05) is 6.07 Å². The lowest BCUT2D eigenvalue weighted by Gasteiger charge is -1.99. The number of aromatic nitrogens is 1. The van der Waals surface area contributed by atoms with Gasteiger partial charge in [0.15, 0.2) is 0 Å². The number of hydrogen-bond donors (Lipinski definition) is 3. The highest BCUT2D eigenvalue weighted by molar-refractivity contribution is 6.04. The highest BCUT2D eigenvalue weighted by Gasteiger charge is 2.11. The molecule has 0 unspecified atom stereocenters. The zero-order valence-electron chi connectivity index (χ0n) is 7.86. The predicted octanol–water partition coefficient (Wildman–Crippen LogP) is 1.75. The lowest BCUT2D eigenvalue weighted by atomic mass is 10.1. The average Bonchev–Trinajstić information content (AvgIpc) is 2.59. The molecule has 0 atom stereocenters. The van der Waals surface area contributed by atoms with E-state index >= 15 is 0 Å². The summed E-state index contributed by atoms with van der Waals surface area (Å²) in [6, 6.07) is 5.13. The molecule has 4 N–H and O–H groups in total. The Hall–Kier alpha value is -1.52. The molecule has 2 aromatic rings. The SMILES string of the molecule is Cl.NCc1c[nH]c2cccc(C(=O)O)c12. The molecule has 80 valence electrons. The van der Waals surface area contributed by atoms with Gasteiger partial charge >= 0.3 is 5.97 Å². The number of benzene rings is 1. The average molecular weight is 227 g/mol. The van der Waals surface area contributed by atoms with Gasteiger partial charge in [0.1, 0.15) is 0 Å². The van der Waals surface area contributed by atoms with Gasteiger partial charge in [-0.3, -0.25) is 0 Å². The van der Waals surface area contributed by atoms with Gasteiger partial charge in [-0.05, 0) is 17.7 Å². The maximum Gasteiger partial charge on any atom is 0.336 e. The maximum atomic E-state index is 10.9. The summed E-state index contributed by atoms with van der Waals surface area (Å²) in [6.07, 6.45) is 1.75. The first kappa shape index (κ1) is 11.6. The largest absolute Gasteiger partial charge is 0.478 e. The Bertz CT molecular complexity index is 493. The molecule has 1 aromatic heterocycles. The molecule has 2 rings (SSSR count). The molecule has 0 fully saturated rings. The van der Waals surface area contributed by atoms with Crippen molar-refractivity contribution in [3.8, 4) is 0 Å². The smallest absolute Gasteiger partial charge is 0.336 e. The maximum absolute atomic E-state index is 10.9. The summed E-state index contributed by atoms with van der Waals surface area (Å²) in [5.41, 5.74) is 7.45. The van der Waals surface area contributed by atoms with Crippen LogP contribution in [0, 0.1) is 0 Å². The zero-order valence-corrected chi connectivity index (χ0v) is 8.67. The van der Waals surface area contributed by atoms with E-state index in [1.165, 1.54) is 0 Å². The van der Waals surface area contributed by atoms with Gasteiger partial charge in [0.05, 0.1) is 5.56 Å². The molecule has 5 heteroatoms. The second kappa shape index (κ2) is 4.33. The highest BCUT2D eigenvalue weighted by Crippen LogP contribution is 2.22. The number of hydrogen-bond acceptors (Lipinski definition) is 2. The molecule has 0 amide bonds. The Morgan fingerprint density at radius 1 is 1.47 bits per heavy atom. The van der Waals surface area contributed by atoms with Crippen LogP contribution in [0.2, 0.25) is 0 Å². The van der Waals surface area contributed by atoms with Crippen molar-refractivity contribution in [2.24, 2.45) is 5.73 Å². The number of fused-ring (bicyclic) bond motifs is 1. The number of H-pyrrole nitrogens is 1. The number of rotatable bonds is 2. The number of aromatic amines is 1. The Labute approximate surface area is 92.5 Å². The molecule has 1 aromatic carbocycles. The fourth-order valence-electron chi connectivity index (χ4n) is 1.59. The molecule has 0 aliphatic carbocycles. The first-order valence-corrected chi connectivity index (χ1v) is 4.26. The number of nitrogens with two attached hydrogens (primary N) is 1. The molecule has 4 nitrogen and oxygen atoms in total. The van der Waals surface area contributed by atoms with Crippen molar-refractivity contribution in [2.75, 3.05) is 0 Å². The molecule has 15 heavy (non-hydrogen) atoms. The quantitative estimate of drug-likeness (QED) is 0.730. The third-order valence-electron chi connectivity index (χ3n) is 2.24. The summed E-state index contributed by atoms with van der Waals surface area (Å²) in [4.78, 5) is 13.9. The van der Waals surface area contributed by atoms with E-state index in [-0.39, 0.29) is 12.4 Å². The van der Waals surface area contributed by atoms with Gasteiger partial charge < -0.3 is 15.8 Å². The molecule has 0 bridgehead atoms. The second-order valence-corrected chi connectivity index (χ2v) is 3.05. The molecule has 0 radical (unpaired) electrons. The summed E-state index contributed by atoms with van der Waals surface area (Å²) >= 11 is 0. The normalized spacial score (nSPS) is 9.93. The Morgan fingerprint density at radius 2 is 2.20 bits per heavy atom. The second-order valence-electron chi connectivity index (χ2n) is 3.05. The zero-order chi connectivity index (χ0) is 10.1. The minimum Gasteiger partial charge on any atom is -0.478 e. The van der Waals surface area contributed by atoms with E-state index in [4.69, 9.17) is 10.8 Å². The van der Waals surface area contributed by atoms with Gasteiger partial charge in [-0.15, -0.1) is 12.4 Å². The van der Waals surface area contributed by atoms with E-state index < -0.39 is 5.97 Å². The van der Waals surface area contributed by atoms with Crippen LogP contribution in [-0.4, -0.2) is 16.1 Å². The van der Waals surface area contributed by atoms with Crippen LogP contribution in [0.4, 0.5) is 0 Å². The Morgan fingerprint density at radius 3 is 2.80 bits per heavy atom. The van der Waals surface area contributed by atoms with Gasteiger partial charge in [0.25, 0.3) is 0 Å². The number of aromatic carboxylic acids is 1. The highest BCUT2D eigenvalue weighted by atomic mass is 35.5. The monoisotopic (exact) mass is 226 g/mol. The van der Waals surface area contributed by atoms with E-state index in [1.54, 1.807) is 18.3 Å². The lowest BCUT2D eigenvalue weighted by Crippen LogP contribution is -2.00. The minimum absolute atomic E-state index is 0. The fraction of sp³-hybridized carbons (Fsp3) is 0.100. The number of carboxylic acid groups (broad SMARTS) is 1. The summed E-state index contributed by atoms with van der Waals surface area (Å²) in [5, 5.41) is 9.68. The van der Waals surface area contributed by atoms with E-state index in [9.17, 15) is 4.79 Å². The third-order valence-corrected chi connectivity index (χ3v) is 2.24. The van der Waals surface area contributed by atoms with Crippen LogP contribution in [0.1, 0.15) is 15.9 Å². The van der Waals surface area contributed by atoms with Gasteiger partial charge in [-0.25, -0.2) is 4.79 Å². The Kier molecular flexibility index (Phi) is 3.34. The molecular weight excluding hydrogens is 216 g/mol. The van der Waals surface area contributed by atoms with Gasteiger partial charge in [-0.2, -0.15) is 0 Å². The van der Waals surface area contributed by atoms with Crippen LogP contribution in [-0.2, 0) is 6.54 Å². The summed E-state index contributed by atoms with van der Waals surface area (Å²) < 4.78 is 0. The molecule has 0 saturated carbocycles. The standard InChI is InChI=1S/C10H10N2O2.ClH/c11-4-6-5-12-8-3-1-2-7(9(6)8)10(13)14;/h1-3,5,12H,4,11H2,(H,13,14);1H. The van der Waals surface area contributed by atoms with E-state index in [1.807, 2.05) is 6.07 Å². The minimum atomic E-state index is -0.926. The predicted molar refractivity (Wildman–Crippen MR) is 60.4 cm³/mol. The van der Waals surface area contributed by atoms with Crippen molar-refractivity contribution in [2.45, 2.75) is 6.54 Å². The Balaban J connectivity index is 0.00000112. The van der Waals surface area contributed by atoms with E-state index in [0.29, 0.717) is 17.5 Å².